The summed E-state index contributed by atoms with van der Waals surface area (Å²) in [5.74, 6) is -0.0195. The Bertz CT molecular complexity index is 682. The molecule has 0 spiro atoms. The largest absolute Gasteiger partial charge is 0.354 e. The van der Waals surface area contributed by atoms with Crippen LogP contribution in [0.1, 0.15) is 31.2 Å². The summed E-state index contributed by atoms with van der Waals surface area (Å²) in [4.78, 5) is 26.5. The minimum atomic E-state index is -0.321. The van der Waals surface area contributed by atoms with Crippen molar-refractivity contribution in [2.24, 2.45) is 5.92 Å². The zero-order chi connectivity index (χ0) is 19.2. The molecule has 0 saturated carbocycles. The summed E-state index contributed by atoms with van der Waals surface area (Å²) < 4.78 is 13.6. The highest BCUT2D eigenvalue weighted by Gasteiger charge is 2.25. The van der Waals surface area contributed by atoms with E-state index in [-0.39, 0.29) is 42.6 Å². The first-order valence-electron chi connectivity index (χ1n) is 9.80. The normalized spacial score (nSPS) is 22.4. The van der Waals surface area contributed by atoms with Gasteiger partial charge in [0.2, 0.25) is 11.8 Å². The predicted molar refractivity (Wildman–Crippen MR) is 110 cm³/mol. The minimum Gasteiger partial charge on any atom is -0.354 e. The maximum Gasteiger partial charge on any atom is 0.238 e. The Morgan fingerprint density at radius 3 is 2.82 bits per heavy atom. The van der Waals surface area contributed by atoms with Gasteiger partial charge in [0.05, 0.1) is 12.6 Å². The zero-order valence-corrected chi connectivity index (χ0v) is 17.1. The number of carbonyl (C=O) groups is 2. The molecule has 6 nitrogen and oxygen atoms in total. The first-order valence-corrected chi connectivity index (χ1v) is 9.80. The average Bonchev–Trinajstić information content (AvgIpc) is 3.18. The topological polar surface area (TPSA) is 73.5 Å². The van der Waals surface area contributed by atoms with Crippen LogP contribution >= 0.6 is 12.4 Å². The van der Waals surface area contributed by atoms with E-state index in [1.165, 1.54) is 6.07 Å². The van der Waals surface area contributed by atoms with Crippen molar-refractivity contribution in [2.45, 2.75) is 38.6 Å². The minimum absolute atomic E-state index is 0. The third kappa shape index (κ3) is 6.43. The fraction of sp³-hybridized carbons (Fsp3) is 0.600. The van der Waals surface area contributed by atoms with Crippen LogP contribution in [0, 0.1) is 18.7 Å². The highest BCUT2D eigenvalue weighted by Crippen LogP contribution is 2.17. The van der Waals surface area contributed by atoms with E-state index in [9.17, 15) is 14.0 Å². The average molecular weight is 413 g/mol. The fourth-order valence-electron chi connectivity index (χ4n) is 3.81. The molecule has 3 rings (SSSR count). The number of piperidine rings is 1. The van der Waals surface area contributed by atoms with Crippen molar-refractivity contribution >= 4 is 29.9 Å². The fourth-order valence-corrected chi connectivity index (χ4v) is 3.81. The lowest BCUT2D eigenvalue weighted by atomic mass is 9.98. The van der Waals surface area contributed by atoms with Crippen LogP contribution in [0.25, 0.3) is 0 Å². The van der Waals surface area contributed by atoms with Crippen LogP contribution < -0.4 is 16.0 Å². The number of anilines is 1. The van der Waals surface area contributed by atoms with Crippen LogP contribution in [-0.4, -0.2) is 55.5 Å². The van der Waals surface area contributed by atoms with Gasteiger partial charge in [-0.2, -0.15) is 0 Å². The van der Waals surface area contributed by atoms with E-state index >= 15 is 0 Å². The predicted octanol–water partition coefficient (Wildman–Crippen LogP) is 2.07. The quantitative estimate of drug-likeness (QED) is 0.668. The summed E-state index contributed by atoms with van der Waals surface area (Å²) in [6.45, 7) is 5.19. The molecule has 2 saturated heterocycles. The van der Waals surface area contributed by atoms with Crippen molar-refractivity contribution in [2.75, 3.05) is 38.0 Å². The van der Waals surface area contributed by atoms with Gasteiger partial charge in [0.1, 0.15) is 5.82 Å². The molecular weight excluding hydrogens is 383 g/mol. The molecule has 0 aliphatic carbocycles. The smallest absolute Gasteiger partial charge is 0.238 e. The summed E-state index contributed by atoms with van der Waals surface area (Å²) in [7, 11) is 0. The second kappa shape index (κ2) is 10.7. The maximum atomic E-state index is 13.6. The second-order valence-corrected chi connectivity index (χ2v) is 7.65. The monoisotopic (exact) mass is 412 g/mol. The lowest BCUT2D eigenvalue weighted by molar-refractivity contribution is -0.123. The number of likely N-dealkylation sites (tertiary alicyclic amines) is 1. The molecule has 2 aliphatic heterocycles. The highest BCUT2D eigenvalue weighted by atomic mass is 35.5. The molecule has 3 N–H and O–H groups in total. The molecule has 8 heteroatoms. The van der Waals surface area contributed by atoms with E-state index in [1.54, 1.807) is 19.1 Å². The van der Waals surface area contributed by atoms with Crippen molar-refractivity contribution in [3.63, 3.8) is 0 Å². The van der Waals surface area contributed by atoms with E-state index in [0.717, 1.165) is 45.3 Å². The molecule has 2 fully saturated rings. The third-order valence-electron chi connectivity index (χ3n) is 5.37. The number of halogens is 2. The van der Waals surface area contributed by atoms with Crippen LogP contribution in [0.3, 0.4) is 0 Å². The van der Waals surface area contributed by atoms with Crippen molar-refractivity contribution in [3.05, 3.63) is 29.6 Å². The van der Waals surface area contributed by atoms with E-state index < -0.39 is 0 Å². The first kappa shape index (κ1) is 22.6. The van der Waals surface area contributed by atoms with Crippen LogP contribution in [0.15, 0.2) is 18.2 Å². The molecule has 1 aromatic carbocycles. The molecule has 2 amide bonds. The lowest BCUT2D eigenvalue weighted by Crippen LogP contribution is -2.46. The Kier molecular flexibility index (Phi) is 8.66. The molecule has 156 valence electrons. The Morgan fingerprint density at radius 1 is 1.29 bits per heavy atom. The third-order valence-corrected chi connectivity index (χ3v) is 5.37. The Hall–Kier alpha value is -1.70. The number of nitrogens with one attached hydrogen (secondary N) is 3. The number of carbonyl (C=O) groups excluding carboxylic acids is 2. The molecule has 28 heavy (non-hydrogen) atoms. The van der Waals surface area contributed by atoms with E-state index in [4.69, 9.17) is 0 Å². The van der Waals surface area contributed by atoms with Crippen LogP contribution in [0.4, 0.5) is 10.1 Å². The summed E-state index contributed by atoms with van der Waals surface area (Å²) in [5.41, 5.74) is 1.04. The van der Waals surface area contributed by atoms with Crippen LogP contribution in [0.5, 0.6) is 0 Å². The van der Waals surface area contributed by atoms with Crippen LogP contribution in [-0.2, 0) is 9.59 Å². The molecule has 2 unspecified atom stereocenters. The number of rotatable bonds is 6. The Morgan fingerprint density at radius 2 is 2.11 bits per heavy atom. The Labute approximate surface area is 172 Å². The van der Waals surface area contributed by atoms with Gasteiger partial charge in [-0.1, -0.05) is 6.07 Å². The molecular formula is C20H30ClFN4O2. The molecule has 2 atom stereocenters. The van der Waals surface area contributed by atoms with Gasteiger partial charge < -0.3 is 16.0 Å². The van der Waals surface area contributed by atoms with Crippen LogP contribution in [0.2, 0.25) is 0 Å². The molecule has 1 aromatic rings. The second-order valence-electron chi connectivity index (χ2n) is 7.65. The summed E-state index contributed by atoms with van der Waals surface area (Å²) >= 11 is 0. The van der Waals surface area contributed by atoms with Crippen molar-refractivity contribution in [1.82, 2.24) is 15.5 Å². The number of aryl methyl sites for hydroxylation is 1. The molecule has 2 heterocycles. The summed E-state index contributed by atoms with van der Waals surface area (Å²) in [6.07, 6.45) is 4.02. The molecule has 0 aromatic heterocycles. The maximum absolute atomic E-state index is 13.6. The zero-order valence-electron chi connectivity index (χ0n) is 16.3. The highest BCUT2D eigenvalue weighted by molar-refractivity contribution is 5.92. The van der Waals surface area contributed by atoms with Crippen molar-refractivity contribution < 1.29 is 14.0 Å². The number of nitrogens with zero attached hydrogens (tertiary/aromatic N) is 1. The number of amides is 2. The van der Waals surface area contributed by atoms with E-state index in [2.05, 4.69) is 20.9 Å². The number of hydrogen-bond acceptors (Lipinski definition) is 4. The summed E-state index contributed by atoms with van der Waals surface area (Å²) in [6, 6.07) is 4.66. The van der Waals surface area contributed by atoms with Gasteiger partial charge in [-0.25, -0.2) is 4.39 Å². The van der Waals surface area contributed by atoms with Gasteiger partial charge in [-0.05, 0) is 69.3 Å². The SMILES string of the molecule is Cc1ccc(NC(=O)CN2CCCC(CNC(=O)C3CCCN3)C2)cc1F.Cl. The van der Waals surface area contributed by atoms with Gasteiger partial charge in [0.25, 0.3) is 0 Å². The van der Waals surface area contributed by atoms with E-state index in [0.29, 0.717) is 23.7 Å². The number of benzene rings is 1. The lowest BCUT2D eigenvalue weighted by Gasteiger charge is -2.32. The standard InChI is InChI=1S/C20H29FN4O2.ClH/c1-14-6-7-16(10-17(14)21)24-19(26)13-25-9-3-4-15(12-25)11-23-20(27)18-5-2-8-22-18;/h6-7,10,15,18,22H,2-5,8-9,11-13H2,1H3,(H,23,27)(H,24,26);1H. The van der Waals surface area contributed by atoms with Gasteiger partial charge in [0, 0.05) is 18.8 Å². The first-order chi connectivity index (χ1) is 13.0. The number of hydrogen-bond donors (Lipinski definition) is 3. The van der Waals surface area contributed by atoms with Gasteiger partial charge in [-0.15, -0.1) is 12.4 Å². The molecule has 2 aliphatic rings. The van der Waals surface area contributed by atoms with Gasteiger partial charge in [-0.3, -0.25) is 14.5 Å². The summed E-state index contributed by atoms with van der Waals surface area (Å²) in [5, 5.41) is 9.02. The van der Waals surface area contributed by atoms with Crippen molar-refractivity contribution in [3.8, 4) is 0 Å². The Balaban J connectivity index is 0.00000280. The van der Waals surface area contributed by atoms with E-state index in [1.807, 2.05) is 0 Å². The van der Waals surface area contributed by atoms with Gasteiger partial charge >= 0.3 is 0 Å². The van der Waals surface area contributed by atoms with Gasteiger partial charge in [0.15, 0.2) is 0 Å². The molecule has 0 bridgehead atoms. The molecule has 0 radical (unpaired) electrons. The van der Waals surface area contributed by atoms with Crippen molar-refractivity contribution in [1.29, 1.82) is 0 Å².